The van der Waals surface area contributed by atoms with Gasteiger partial charge < -0.3 is 10.1 Å². The van der Waals surface area contributed by atoms with E-state index in [1.807, 2.05) is 6.07 Å². The molecule has 0 fully saturated rings. The largest absolute Gasteiger partial charge is 0.411 e. The quantitative estimate of drug-likeness (QED) is 0.785. The number of aryl methyl sites for hydroxylation is 1. The minimum absolute atomic E-state index is 0.0439. The molecule has 0 aromatic heterocycles. The van der Waals surface area contributed by atoms with Gasteiger partial charge in [0.05, 0.1) is 18.2 Å². The first kappa shape index (κ1) is 17.0. The Morgan fingerprint density at radius 1 is 1.29 bits per heavy atom. The minimum Gasteiger partial charge on any atom is -0.370 e. The van der Waals surface area contributed by atoms with E-state index in [-0.39, 0.29) is 25.5 Å². The molecule has 1 aromatic carbocycles. The molecule has 7 heteroatoms. The standard InChI is InChI=1S/C14H15F3N2O2/c15-14(16,17)10-21-8-7-19-13(20)6-5-11-1-3-12(9-18)4-2-11/h1-4H,5-8,10H2,(H,19,20). The summed E-state index contributed by atoms with van der Waals surface area (Å²) in [7, 11) is 0. The average molecular weight is 300 g/mol. The van der Waals surface area contributed by atoms with Crippen molar-refractivity contribution >= 4 is 5.91 Å². The van der Waals surface area contributed by atoms with Crippen molar-refractivity contribution in [1.29, 1.82) is 5.26 Å². The van der Waals surface area contributed by atoms with Gasteiger partial charge in [0.25, 0.3) is 0 Å². The van der Waals surface area contributed by atoms with E-state index in [1.54, 1.807) is 24.3 Å². The minimum atomic E-state index is -4.35. The van der Waals surface area contributed by atoms with E-state index < -0.39 is 12.8 Å². The summed E-state index contributed by atoms with van der Waals surface area (Å²) < 4.78 is 39.7. The molecule has 0 atom stereocenters. The number of hydrogen-bond acceptors (Lipinski definition) is 3. The zero-order chi connectivity index (χ0) is 15.7. The summed E-state index contributed by atoms with van der Waals surface area (Å²) in [4.78, 5) is 11.5. The van der Waals surface area contributed by atoms with Gasteiger partial charge in [-0.25, -0.2) is 0 Å². The van der Waals surface area contributed by atoms with Crippen LogP contribution in [0.4, 0.5) is 13.2 Å². The van der Waals surface area contributed by atoms with Gasteiger partial charge in [-0.05, 0) is 24.1 Å². The first-order chi connectivity index (χ1) is 9.90. The van der Waals surface area contributed by atoms with Crippen LogP contribution in [0.15, 0.2) is 24.3 Å². The van der Waals surface area contributed by atoms with Crippen LogP contribution in [0, 0.1) is 11.3 Å². The molecule has 0 aliphatic rings. The van der Waals surface area contributed by atoms with E-state index in [0.29, 0.717) is 12.0 Å². The van der Waals surface area contributed by atoms with Gasteiger partial charge in [-0.3, -0.25) is 4.79 Å². The van der Waals surface area contributed by atoms with E-state index in [2.05, 4.69) is 10.1 Å². The van der Waals surface area contributed by atoms with E-state index in [9.17, 15) is 18.0 Å². The second-order valence-corrected chi connectivity index (χ2v) is 4.33. The molecule has 1 rings (SSSR count). The Kier molecular flexibility index (Phi) is 6.69. The molecule has 21 heavy (non-hydrogen) atoms. The van der Waals surface area contributed by atoms with Crippen LogP contribution in [0.1, 0.15) is 17.5 Å². The Labute approximate surface area is 120 Å². The van der Waals surface area contributed by atoms with Crippen molar-refractivity contribution < 1.29 is 22.7 Å². The molecule has 0 spiro atoms. The number of alkyl halides is 3. The van der Waals surface area contributed by atoms with Crippen LogP contribution in [0.5, 0.6) is 0 Å². The highest BCUT2D eigenvalue weighted by molar-refractivity contribution is 5.76. The van der Waals surface area contributed by atoms with Gasteiger partial charge in [0.1, 0.15) is 6.61 Å². The SMILES string of the molecule is N#Cc1ccc(CCC(=O)NCCOCC(F)(F)F)cc1. The number of carbonyl (C=O) groups excluding carboxylic acids is 1. The third-order valence-corrected chi connectivity index (χ3v) is 2.56. The maximum atomic E-state index is 11.8. The predicted octanol–water partition coefficient (Wildman–Crippen LogP) is 2.19. The number of amides is 1. The van der Waals surface area contributed by atoms with Gasteiger partial charge in [0.15, 0.2) is 0 Å². The molecule has 0 aliphatic heterocycles. The van der Waals surface area contributed by atoms with Crippen LogP contribution in [0.25, 0.3) is 0 Å². The third kappa shape index (κ3) is 7.95. The van der Waals surface area contributed by atoms with Crippen molar-refractivity contribution in [2.45, 2.75) is 19.0 Å². The summed E-state index contributed by atoms with van der Waals surface area (Å²) >= 11 is 0. The molecule has 0 saturated heterocycles. The van der Waals surface area contributed by atoms with Gasteiger partial charge in [-0.15, -0.1) is 0 Å². The number of nitrogens with zero attached hydrogens (tertiary/aromatic N) is 1. The maximum absolute atomic E-state index is 11.8. The fourth-order valence-electron chi connectivity index (χ4n) is 1.54. The van der Waals surface area contributed by atoms with Crippen LogP contribution >= 0.6 is 0 Å². The number of nitrogens with one attached hydrogen (secondary N) is 1. The van der Waals surface area contributed by atoms with Crippen molar-refractivity contribution in [3.8, 4) is 6.07 Å². The summed E-state index contributed by atoms with van der Waals surface area (Å²) in [6, 6.07) is 8.85. The van der Waals surface area contributed by atoms with Crippen LogP contribution in [0.3, 0.4) is 0 Å². The third-order valence-electron chi connectivity index (χ3n) is 2.56. The average Bonchev–Trinajstić information content (AvgIpc) is 2.44. The molecule has 0 heterocycles. The zero-order valence-electron chi connectivity index (χ0n) is 11.2. The Bertz CT molecular complexity index is 492. The molecule has 0 aliphatic carbocycles. The molecular weight excluding hydrogens is 285 g/mol. The van der Waals surface area contributed by atoms with E-state index in [1.165, 1.54) is 0 Å². The fraction of sp³-hybridized carbons (Fsp3) is 0.429. The topological polar surface area (TPSA) is 62.1 Å². The van der Waals surface area contributed by atoms with Crippen molar-refractivity contribution in [2.24, 2.45) is 0 Å². The molecule has 0 unspecified atom stereocenters. The number of ether oxygens (including phenoxy) is 1. The maximum Gasteiger partial charge on any atom is 0.411 e. The highest BCUT2D eigenvalue weighted by atomic mass is 19.4. The lowest BCUT2D eigenvalue weighted by Crippen LogP contribution is -2.29. The lowest BCUT2D eigenvalue weighted by atomic mass is 10.1. The number of halogens is 3. The molecule has 4 nitrogen and oxygen atoms in total. The summed E-state index contributed by atoms with van der Waals surface area (Å²) in [5.74, 6) is -0.255. The van der Waals surface area contributed by atoms with Crippen LogP contribution in [0.2, 0.25) is 0 Å². The highest BCUT2D eigenvalue weighted by Crippen LogP contribution is 2.13. The second kappa shape index (κ2) is 8.27. The smallest absolute Gasteiger partial charge is 0.370 e. The summed E-state index contributed by atoms with van der Waals surface area (Å²) in [5.41, 5.74) is 1.46. The molecule has 0 saturated carbocycles. The zero-order valence-corrected chi connectivity index (χ0v) is 11.2. The molecule has 1 aromatic rings. The van der Waals surface area contributed by atoms with E-state index in [0.717, 1.165) is 5.56 Å². The van der Waals surface area contributed by atoms with Crippen molar-refractivity contribution in [1.82, 2.24) is 5.32 Å². The van der Waals surface area contributed by atoms with Crippen molar-refractivity contribution in [2.75, 3.05) is 19.8 Å². The highest BCUT2D eigenvalue weighted by Gasteiger charge is 2.27. The number of nitriles is 1. The van der Waals surface area contributed by atoms with Crippen LogP contribution in [-0.2, 0) is 16.0 Å². The van der Waals surface area contributed by atoms with Crippen molar-refractivity contribution in [3.63, 3.8) is 0 Å². The van der Waals surface area contributed by atoms with Gasteiger partial charge in [-0.1, -0.05) is 12.1 Å². The van der Waals surface area contributed by atoms with Gasteiger partial charge in [-0.2, -0.15) is 18.4 Å². The Morgan fingerprint density at radius 2 is 1.95 bits per heavy atom. The van der Waals surface area contributed by atoms with E-state index >= 15 is 0 Å². The molecule has 1 amide bonds. The summed E-state index contributed by atoms with van der Waals surface area (Å²) in [6.07, 6.45) is -3.62. The Balaban J connectivity index is 2.15. The summed E-state index contributed by atoms with van der Waals surface area (Å²) in [5, 5.41) is 11.1. The van der Waals surface area contributed by atoms with Gasteiger partial charge in [0.2, 0.25) is 5.91 Å². The second-order valence-electron chi connectivity index (χ2n) is 4.33. The first-order valence-corrected chi connectivity index (χ1v) is 6.31. The number of benzene rings is 1. The monoisotopic (exact) mass is 300 g/mol. The van der Waals surface area contributed by atoms with E-state index in [4.69, 9.17) is 5.26 Å². The number of carbonyl (C=O) groups is 1. The Hall–Kier alpha value is -2.07. The van der Waals surface area contributed by atoms with Crippen LogP contribution in [-0.4, -0.2) is 31.8 Å². The van der Waals surface area contributed by atoms with Crippen LogP contribution < -0.4 is 5.32 Å². The Morgan fingerprint density at radius 3 is 2.52 bits per heavy atom. The normalized spacial score (nSPS) is 11.0. The fourth-order valence-corrected chi connectivity index (χ4v) is 1.54. The summed E-state index contributed by atoms with van der Waals surface area (Å²) in [6.45, 7) is -1.45. The number of hydrogen-bond donors (Lipinski definition) is 1. The molecule has 114 valence electrons. The van der Waals surface area contributed by atoms with Crippen molar-refractivity contribution in [3.05, 3.63) is 35.4 Å². The lowest BCUT2D eigenvalue weighted by molar-refractivity contribution is -0.173. The molecule has 0 radical (unpaired) electrons. The van der Waals surface area contributed by atoms with Gasteiger partial charge in [0, 0.05) is 13.0 Å². The first-order valence-electron chi connectivity index (χ1n) is 6.31. The molecule has 0 bridgehead atoms. The predicted molar refractivity (Wildman–Crippen MR) is 69.4 cm³/mol. The number of rotatable bonds is 7. The lowest BCUT2D eigenvalue weighted by Gasteiger charge is -2.08. The van der Waals surface area contributed by atoms with Gasteiger partial charge >= 0.3 is 6.18 Å². The molecular formula is C14H15F3N2O2. The molecule has 1 N–H and O–H groups in total.